The molecule has 126 valence electrons. The fourth-order valence-corrected chi connectivity index (χ4v) is 2.97. The number of alkyl halides is 3. The summed E-state index contributed by atoms with van der Waals surface area (Å²) in [5, 5.41) is 7.60. The second-order valence-electron chi connectivity index (χ2n) is 5.77. The number of aromatic nitrogens is 3. The molecule has 0 saturated carbocycles. The molecule has 0 unspecified atom stereocenters. The molecule has 0 aromatic carbocycles. The van der Waals surface area contributed by atoms with Crippen molar-refractivity contribution >= 4 is 16.9 Å². The Hall–Kier alpha value is -1.83. The van der Waals surface area contributed by atoms with E-state index in [9.17, 15) is 13.2 Å². The average molecular weight is 327 g/mol. The van der Waals surface area contributed by atoms with Crippen LogP contribution in [0.5, 0.6) is 0 Å². The Morgan fingerprint density at radius 2 is 1.96 bits per heavy atom. The van der Waals surface area contributed by atoms with E-state index < -0.39 is 11.7 Å². The Morgan fingerprint density at radius 1 is 1.26 bits per heavy atom. The molecular formula is C15H20F3N5. The number of hydrogen-bond acceptors (Lipinski definition) is 4. The first-order chi connectivity index (χ1) is 10.9. The van der Waals surface area contributed by atoms with Crippen LogP contribution in [0.2, 0.25) is 0 Å². The van der Waals surface area contributed by atoms with Crippen LogP contribution >= 0.6 is 0 Å². The molecule has 1 N–H and O–H groups in total. The molecule has 3 heterocycles. The molecule has 0 bridgehead atoms. The van der Waals surface area contributed by atoms with Crippen molar-refractivity contribution in [3.8, 4) is 0 Å². The highest BCUT2D eigenvalue weighted by Gasteiger charge is 2.36. The summed E-state index contributed by atoms with van der Waals surface area (Å²) in [4.78, 5) is 6.28. The number of halogens is 3. The number of fused-ring (bicyclic) bond motifs is 1. The summed E-state index contributed by atoms with van der Waals surface area (Å²) < 4.78 is 42.3. The lowest BCUT2D eigenvalue weighted by Gasteiger charge is -2.28. The molecule has 0 radical (unpaired) electrons. The van der Waals surface area contributed by atoms with E-state index in [1.807, 2.05) is 11.8 Å². The highest BCUT2D eigenvalue weighted by molar-refractivity contribution is 5.84. The number of hydrogen-bond donors (Lipinski definition) is 1. The van der Waals surface area contributed by atoms with Crippen LogP contribution in [0.25, 0.3) is 11.0 Å². The van der Waals surface area contributed by atoms with Gasteiger partial charge in [-0.3, -0.25) is 4.68 Å². The van der Waals surface area contributed by atoms with Crippen molar-refractivity contribution in [1.29, 1.82) is 0 Å². The molecule has 1 aliphatic rings. The smallest absolute Gasteiger partial charge is 0.354 e. The van der Waals surface area contributed by atoms with Crippen LogP contribution in [0.15, 0.2) is 6.07 Å². The first-order valence-electron chi connectivity index (χ1n) is 7.83. The average Bonchev–Trinajstić information content (AvgIpc) is 2.83. The van der Waals surface area contributed by atoms with Crippen molar-refractivity contribution in [1.82, 2.24) is 20.1 Å². The second-order valence-corrected chi connectivity index (χ2v) is 5.77. The third kappa shape index (κ3) is 2.99. The van der Waals surface area contributed by atoms with Gasteiger partial charge in [0.1, 0.15) is 5.82 Å². The minimum Gasteiger partial charge on any atom is -0.354 e. The van der Waals surface area contributed by atoms with Gasteiger partial charge in [-0.2, -0.15) is 18.3 Å². The van der Waals surface area contributed by atoms with Crippen molar-refractivity contribution in [3.63, 3.8) is 0 Å². The summed E-state index contributed by atoms with van der Waals surface area (Å²) in [6.07, 6.45) is -3.62. The summed E-state index contributed by atoms with van der Waals surface area (Å²) in [5.74, 6) is 0.354. The number of pyridine rings is 1. The summed E-state index contributed by atoms with van der Waals surface area (Å²) in [7, 11) is 0. The molecule has 8 heteroatoms. The van der Waals surface area contributed by atoms with Crippen LogP contribution in [0.1, 0.15) is 24.6 Å². The molecule has 5 nitrogen and oxygen atoms in total. The van der Waals surface area contributed by atoms with Gasteiger partial charge in [-0.25, -0.2) is 4.98 Å². The van der Waals surface area contributed by atoms with Gasteiger partial charge in [0, 0.05) is 38.4 Å². The summed E-state index contributed by atoms with van der Waals surface area (Å²) >= 11 is 0. The SMILES string of the molecule is CCCn1nc2nc(N3CCNCC3)cc(C(F)(F)F)c2c1C. The molecule has 2 aromatic rings. The fourth-order valence-electron chi connectivity index (χ4n) is 2.97. The minimum atomic E-state index is -4.42. The Balaban J connectivity index is 2.17. The molecular weight excluding hydrogens is 307 g/mol. The predicted octanol–water partition coefficient (Wildman–Crippen LogP) is 2.58. The summed E-state index contributed by atoms with van der Waals surface area (Å²) in [6.45, 7) is 6.99. The van der Waals surface area contributed by atoms with Crippen LogP contribution in [-0.4, -0.2) is 40.9 Å². The summed E-state index contributed by atoms with van der Waals surface area (Å²) in [6, 6.07) is 1.17. The van der Waals surface area contributed by atoms with Crippen molar-refractivity contribution in [2.75, 3.05) is 31.1 Å². The number of anilines is 1. The van der Waals surface area contributed by atoms with Crippen LogP contribution in [0.3, 0.4) is 0 Å². The van der Waals surface area contributed by atoms with E-state index in [-0.39, 0.29) is 11.0 Å². The zero-order chi connectivity index (χ0) is 16.6. The van der Waals surface area contributed by atoms with Gasteiger partial charge >= 0.3 is 6.18 Å². The quantitative estimate of drug-likeness (QED) is 0.941. The first kappa shape index (κ1) is 16.0. The zero-order valence-electron chi connectivity index (χ0n) is 13.2. The van der Waals surface area contributed by atoms with E-state index in [0.29, 0.717) is 31.1 Å². The van der Waals surface area contributed by atoms with Crippen LogP contribution in [-0.2, 0) is 12.7 Å². The molecule has 1 fully saturated rings. The van der Waals surface area contributed by atoms with Gasteiger partial charge in [0.25, 0.3) is 0 Å². The molecule has 23 heavy (non-hydrogen) atoms. The summed E-state index contributed by atoms with van der Waals surface area (Å²) in [5.41, 5.74) is 0.0590. The zero-order valence-corrected chi connectivity index (χ0v) is 13.2. The topological polar surface area (TPSA) is 46.0 Å². The van der Waals surface area contributed by atoms with E-state index in [1.165, 1.54) is 6.07 Å². The number of rotatable bonds is 3. The van der Waals surface area contributed by atoms with Gasteiger partial charge in [-0.1, -0.05) is 6.92 Å². The van der Waals surface area contributed by atoms with Gasteiger partial charge in [0.15, 0.2) is 5.65 Å². The van der Waals surface area contributed by atoms with Crippen molar-refractivity contribution < 1.29 is 13.2 Å². The molecule has 0 spiro atoms. The molecule has 2 aromatic heterocycles. The van der Waals surface area contributed by atoms with Crippen LogP contribution in [0.4, 0.5) is 19.0 Å². The predicted molar refractivity (Wildman–Crippen MR) is 82.6 cm³/mol. The fraction of sp³-hybridized carbons (Fsp3) is 0.600. The Kier molecular flexibility index (Phi) is 4.18. The van der Waals surface area contributed by atoms with Gasteiger partial charge in [0.2, 0.25) is 0 Å². The maximum absolute atomic E-state index is 13.5. The Labute approximate surface area is 132 Å². The normalized spacial score (nSPS) is 16.3. The van der Waals surface area contributed by atoms with Gasteiger partial charge < -0.3 is 10.2 Å². The van der Waals surface area contributed by atoms with Crippen molar-refractivity contribution in [2.24, 2.45) is 0 Å². The number of nitrogens with one attached hydrogen (secondary N) is 1. The number of aryl methyl sites for hydroxylation is 2. The highest BCUT2D eigenvalue weighted by atomic mass is 19.4. The standard InChI is InChI=1S/C15H20F3N5/c1-3-6-23-10(2)13-11(15(16,17)18)9-12(20-14(13)21-23)22-7-4-19-5-8-22/h9,19H,3-8H2,1-2H3. The monoisotopic (exact) mass is 327 g/mol. The minimum absolute atomic E-state index is 0.116. The van der Waals surface area contributed by atoms with Crippen LogP contribution < -0.4 is 10.2 Å². The van der Waals surface area contributed by atoms with Gasteiger partial charge in [-0.05, 0) is 19.4 Å². The first-order valence-corrected chi connectivity index (χ1v) is 7.83. The molecule has 3 rings (SSSR count). The van der Waals surface area contributed by atoms with Crippen molar-refractivity contribution in [2.45, 2.75) is 33.0 Å². The Bertz CT molecular complexity index is 701. The molecule has 0 aliphatic carbocycles. The van der Waals surface area contributed by atoms with Crippen molar-refractivity contribution in [3.05, 3.63) is 17.3 Å². The van der Waals surface area contributed by atoms with E-state index in [4.69, 9.17) is 0 Å². The second kappa shape index (κ2) is 5.99. The highest BCUT2D eigenvalue weighted by Crippen LogP contribution is 2.37. The van der Waals surface area contributed by atoms with E-state index >= 15 is 0 Å². The maximum atomic E-state index is 13.5. The third-order valence-electron chi connectivity index (χ3n) is 4.13. The molecule has 0 amide bonds. The Morgan fingerprint density at radius 3 is 2.57 bits per heavy atom. The van der Waals surface area contributed by atoms with Gasteiger partial charge in [-0.15, -0.1) is 0 Å². The molecule has 1 saturated heterocycles. The van der Waals surface area contributed by atoms with E-state index in [1.54, 1.807) is 11.6 Å². The van der Waals surface area contributed by atoms with E-state index in [0.717, 1.165) is 19.5 Å². The maximum Gasteiger partial charge on any atom is 0.417 e. The lowest BCUT2D eigenvalue weighted by Crippen LogP contribution is -2.44. The van der Waals surface area contributed by atoms with Crippen LogP contribution in [0, 0.1) is 6.92 Å². The van der Waals surface area contributed by atoms with E-state index in [2.05, 4.69) is 15.4 Å². The largest absolute Gasteiger partial charge is 0.417 e. The third-order valence-corrected chi connectivity index (χ3v) is 4.13. The van der Waals surface area contributed by atoms with Gasteiger partial charge in [0.05, 0.1) is 10.9 Å². The molecule has 0 atom stereocenters. The molecule has 1 aliphatic heterocycles. The lowest BCUT2D eigenvalue weighted by atomic mass is 10.1. The number of piperazine rings is 1. The lowest BCUT2D eigenvalue weighted by molar-refractivity contribution is -0.136. The number of nitrogens with zero attached hydrogens (tertiary/aromatic N) is 4.